The number of nitriles is 1. The molecule has 4 nitrogen and oxygen atoms in total. The molecule has 1 fully saturated rings. The van der Waals surface area contributed by atoms with Crippen LogP contribution in [0.2, 0.25) is 0 Å². The molecule has 1 aromatic carbocycles. The number of benzene rings is 1. The highest BCUT2D eigenvalue weighted by molar-refractivity contribution is 9.10. The summed E-state index contributed by atoms with van der Waals surface area (Å²) < 4.78 is 2.32. The van der Waals surface area contributed by atoms with Gasteiger partial charge in [-0.1, -0.05) is 0 Å². The maximum atomic E-state index is 12.4. The summed E-state index contributed by atoms with van der Waals surface area (Å²) in [6, 6.07) is 6.07. The van der Waals surface area contributed by atoms with Crippen LogP contribution in [0.3, 0.4) is 0 Å². The number of hydrogen-bond donors (Lipinski definition) is 0. The predicted molar refractivity (Wildman–Crippen MR) is 75.9 cm³/mol. The van der Waals surface area contributed by atoms with E-state index in [1.807, 2.05) is 19.1 Å². The smallest absolute Gasteiger partial charge is 0.261 e. The molecule has 0 aliphatic heterocycles. The minimum Gasteiger partial charge on any atom is -0.298 e. The molecule has 0 amide bonds. The van der Waals surface area contributed by atoms with Crippen molar-refractivity contribution in [3.05, 3.63) is 38.3 Å². The van der Waals surface area contributed by atoms with Gasteiger partial charge in [-0.05, 0) is 53.4 Å². The van der Waals surface area contributed by atoms with Crippen molar-refractivity contribution in [2.24, 2.45) is 7.05 Å². The average molecular weight is 318 g/mol. The van der Waals surface area contributed by atoms with Gasteiger partial charge in [0.25, 0.3) is 5.56 Å². The molecule has 0 radical (unpaired) electrons. The highest BCUT2D eigenvalue weighted by Crippen LogP contribution is 2.46. The fourth-order valence-corrected chi connectivity index (χ4v) is 3.07. The third kappa shape index (κ3) is 1.71. The number of fused-ring (bicyclic) bond motifs is 1. The van der Waals surface area contributed by atoms with Crippen molar-refractivity contribution in [1.82, 2.24) is 9.55 Å². The highest BCUT2D eigenvalue weighted by atomic mass is 79.9. The maximum Gasteiger partial charge on any atom is 0.261 e. The predicted octanol–water partition coefficient (Wildman–Crippen LogP) is 2.56. The van der Waals surface area contributed by atoms with Gasteiger partial charge in [0.15, 0.2) is 0 Å². The van der Waals surface area contributed by atoms with Crippen LogP contribution in [-0.4, -0.2) is 9.55 Å². The standard InChI is InChI=1S/C14H12BrN3O/c1-8-5-9-11(10(15)6-8)17-13(18(2)12(9)19)14(7-16)3-4-14/h5-6H,3-4H2,1-2H3. The van der Waals surface area contributed by atoms with Gasteiger partial charge < -0.3 is 0 Å². The van der Waals surface area contributed by atoms with Gasteiger partial charge in [-0.25, -0.2) is 4.98 Å². The summed E-state index contributed by atoms with van der Waals surface area (Å²) >= 11 is 3.46. The summed E-state index contributed by atoms with van der Waals surface area (Å²) in [7, 11) is 1.69. The molecule has 0 unspecified atom stereocenters. The number of aryl methyl sites for hydroxylation is 1. The van der Waals surface area contributed by atoms with E-state index in [1.54, 1.807) is 7.05 Å². The highest BCUT2D eigenvalue weighted by Gasteiger charge is 2.48. The largest absolute Gasteiger partial charge is 0.298 e. The first kappa shape index (κ1) is 12.4. The fourth-order valence-electron chi connectivity index (χ4n) is 2.41. The molecule has 2 aromatic rings. The van der Waals surface area contributed by atoms with Gasteiger partial charge in [-0.15, -0.1) is 0 Å². The lowest BCUT2D eigenvalue weighted by Gasteiger charge is -2.13. The van der Waals surface area contributed by atoms with Gasteiger partial charge >= 0.3 is 0 Å². The summed E-state index contributed by atoms with van der Waals surface area (Å²) in [5.74, 6) is 0.581. The second kappa shape index (κ2) is 3.91. The Kier molecular flexibility index (Phi) is 2.55. The lowest BCUT2D eigenvalue weighted by molar-refractivity contribution is 0.684. The fraction of sp³-hybridized carbons (Fsp3) is 0.357. The SMILES string of the molecule is Cc1cc(Br)c2nc(C3(C#N)CC3)n(C)c(=O)c2c1. The van der Waals surface area contributed by atoms with Crippen LogP contribution in [0.5, 0.6) is 0 Å². The normalized spacial score (nSPS) is 16.3. The van der Waals surface area contributed by atoms with E-state index in [2.05, 4.69) is 27.0 Å². The Morgan fingerprint density at radius 1 is 1.47 bits per heavy atom. The van der Waals surface area contributed by atoms with Gasteiger partial charge in [0.05, 0.1) is 17.0 Å². The minimum absolute atomic E-state index is 0.0917. The molecule has 0 N–H and O–H groups in total. The lowest BCUT2D eigenvalue weighted by Crippen LogP contribution is -2.27. The van der Waals surface area contributed by atoms with Crippen molar-refractivity contribution >= 4 is 26.8 Å². The molecule has 1 saturated carbocycles. The molecule has 1 aromatic heterocycles. The van der Waals surface area contributed by atoms with Crippen LogP contribution in [0.1, 0.15) is 24.2 Å². The van der Waals surface area contributed by atoms with Gasteiger partial charge in [-0.2, -0.15) is 5.26 Å². The van der Waals surface area contributed by atoms with Crippen LogP contribution in [0.4, 0.5) is 0 Å². The molecule has 96 valence electrons. The second-order valence-corrected chi connectivity index (χ2v) is 5.99. The van der Waals surface area contributed by atoms with E-state index in [0.29, 0.717) is 16.7 Å². The quantitative estimate of drug-likeness (QED) is 0.812. The zero-order valence-corrected chi connectivity index (χ0v) is 12.3. The Bertz CT molecular complexity index is 797. The molecule has 0 saturated heterocycles. The Morgan fingerprint density at radius 3 is 2.74 bits per heavy atom. The Hall–Kier alpha value is -1.67. The molecule has 0 spiro atoms. The first-order valence-electron chi connectivity index (χ1n) is 6.07. The molecule has 5 heteroatoms. The Morgan fingerprint density at radius 2 is 2.16 bits per heavy atom. The molecule has 1 heterocycles. The summed E-state index contributed by atoms with van der Waals surface area (Å²) in [6.07, 6.45) is 1.55. The van der Waals surface area contributed by atoms with Gasteiger partial charge in [0.2, 0.25) is 0 Å². The molecule has 1 aliphatic rings. The van der Waals surface area contributed by atoms with E-state index in [9.17, 15) is 10.1 Å². The zero-order chi connectivity index (χ0) is 13.8. The van der Waals surface area contributed by atoms with E-state index in [1.165, 1.54) is 4.57 Å². The van der Waals surface area contributed by atoms with Crippen molar-refractivity contribution < 1.29 is 0 Å². The third-order valence-electron chi connectivity index (χ3n) is 3.67. The third-order valence-corrected chi connectivity index (χ3v) is 4.27. The number of aromatic nitrogens is 2. The summed E-state index contributed by atoms with van der Waals surface area (Å²) in [5.41, 5.74) is 0.996. The van der Waals surface area contributed by atoms with E-state index in [0.717, 1.165) is 22.9 Å². The van der Waals surface area contributed by atoms with Crippen LogP contribution in [0.25, 0.3) is 10.9 Å². The first-order chi connectivity index (χ1) is 8.98. The molecule has 0 bridgehead atoms. The summed E-state index contributed by atoms with van der Waals surface area (Å²) in [4.78, 5) is 17.0. The van der Waals surface area contributed by atoms with E-state index >= 15 is 0 Å². The molecular formula is C14H12BrN3O. The van der Waals surface area contributed by atoms with Gasteiger partial charge in [0, 0.05) is 11.5 Å². The summed E-state index contributed by atoms with van der Waals surface area (Å²) in [6.45, 7) is 1.94. The van der Waals surface area contributed by atoms with Crippen LogP contribution < -0.4 is 5.56 Å². The van der Waals surface area contributed by atoms with Gasteiger partial charge in [0.1, 0.15) is 11.2 Å². The van der Waals surface area contributed by atoms with Crippen molar-refractivity contribution in [2.75, 3.05) is 0 Å². The number of halogens is 1. The Balaban J connectivity index is 2.43. The minimum atomic E-state index is -0.563. The second-order valence-electron chi connectivity index (χ2n) is 5.14. The van der Waals surface area contributed by atoms with Crippen molar-refractivity contribution in [3.63, 3.8) is 0 Å². The molecule has 3 rings (SSSR count). The number of hydrogen-bond acceptors (Lipinski definition) is 3. The van der Waals surface area contributed by atoms with Gasteiger partial charge in [-0.3, -0.25) is 9.36 Å². The van der Waals surface area contributed by atoms with E-state index in [-0.39, 0.29) is 5.56 Å². The molecular weight excluding hydrogens is 306 g/mol. The zero-order valence-electron chi connectivity index (χ0n) is 10.7. The lowest BCUT2D eigenvalue weighted by atomic mass is 10.1. The number of rotatable bonds is 1. The van der Waals surface area contributed by atoms with Crippen LogP contribution in [-0.2, 0) is 12.5 Å². The molecule has 1 aliphatic carbocycles. The topological polar surface area (TPSA) is 58.7 Å². The maximum absolute atomic E-state index is 12.4. The van der Waals surface area contributed by atoms with Crippen LogP contribution in [0, 0.1) is 18.3 Å². The van der Waals surface area contributed by atoms with E-state index in [4.69, 9.17) is 0 Å². The molecule has 19 heavy (non-hydrogen) atoms. The Labute approximate surface area is 118 Å². The van der Waals surface area contributed by atoms with Crippen molar-refractivity contribution in [1.29, 1.82) is 5.26 Å². The van der Waals surface area contributed by atoms with Crippen LogP contribution >= 0.6 is 15.9 Å². The van der Waals surface area contributed by atoms with E-state index < -0.39 is 5.41 Å². The first-order valence-corrected chi connectivity index (χ1v) is 6.86. The molecule has 0 atom stereocenters. The number of nitrogens with zero attached hydrogens (tertiary/aromatic N) is 3. The monoisotopic (exact) mass is 317 g/mol. The van der Waals surface area contributed by atoms with Crippen molar-refractivity contribution in [3.8, 4) is 6.07 Å². The average Bonchev–Trinajstić information content (AvgIpc) is 3.15. The summed E-state index contributed by atoms with van der Waals surface area (Å²) in [5, 5.41) is 9.88. The van der Waals surface area contributed by atoms with Crippen LogP contribution in [0.15, 0.2) is 21.4 Å². The van der Waals surface area contributed by atoms with Crippen molar-refractivity contribution in [2.45, 2.75) is 25.2 Å².